The van der Waals surface area contributed by atoms with Gasteiger partial charge in [0.15, 0.2) is 0 Å². The minimum Gasteiger partial charge on any atom is -0.388 e. The summed E-state index contributed by atoms with van der Waals surface area (Å²) in [5.41, 5.74) is -0.580. The highest BCUT2D eigenvalue weighted by Crippen LogP contribution is 2.22. The molecule has 1 aromatic rings. The highest BCUT2D eigenvalue weighted by atomic mass is 32.1. The molecule has 1 atom stereocenters. The van der Waals surface area contributed by atoms with Crippen molar-refractivity contribution in [3.63, 3.8) is 0 Å². The lowest BCUT2D eigenvalue weighted by Gasteiger charge is -2.33. The summed E-state index contributed by atoms with van der Waals surface area (Å²) in [4.78, 5) is 1.32. The van der Waals surface area contributed by atoms with Crippen molar-refractivity contribution < 1.29 is 9.84 Å². The summed E-state index contributed by atoms with van der Waals surface area (Å²) in [6.45, 7) is 4.13. The van der Waals surface area contributed by atoms with E-state index in [0.717, 1.165) is 12.8 Å². The maximum atomic E-state index is 10.3. The summed E-state index contributed by atoms with van der Waals surface area (Å²) < 4.78 is 5.26. The van der Waals surface area contributed by atoms with Crippen LogP contribution in [0.5, 0.6) is 0 Å². The molecule has 2 heterocycles. The maximum Gasteiger partial charge on any atom is 0.0815 e. The van der Waals surface area contributed by atoms with Crippen LogP contribution in [0.3, 0.4) is 0 Å². The summed E-state index contributed by atoms with van der Waals surface area (Å²) in [6, 6.07) is 4.49. The Morgan fingerprint density at radius 2 is 2.31 bits per heavy atom. The Balaban J connectivity index is 1.82. The van der Waals surface area contributed by atoms with Crippen molar-refractivity contribution in [3.05, 3.63) is 22.4 Å². The van der Waals surface area contributed by atoms with E-state index in [4.69, 9.17) is 4.74 Å². The molecule has 0 aliphatic carbocycles. The van der Waals surface area contributed by atoms with Gasteiger partial charge >= 0.3 is 0 Å². The molecule has 1 fully saturated rings. The molecule has 1 aliphatic rings. The lowest BCUT2D eigenvalue weighted by molar-refractivity contribution is -0.0625. The number of thiophene rings is 1. The van der Waals surface area contributed by atoms with Gasteiger partial charge < -0.3 is 15.2 Å². The average Bonchev–Trinajstić information content (AvgIpc) is 2.80. The molecule has 0 aromatic carbocycles. The zero-order valence-corrected chi connectivity index (χ0v) is 10.4. The fraction of sp³-hybridized carbons (Fsp3) is 0.667. The Bertz CT molecular complexity index is 307. The van der Waals surface area contributed by atoms with Crippen LogP contribution in [-0.2, 0) is 4.74 Å². The van der Waals surface area contributed by atoms with Crippen molar-refractivity contribution in [3.8, 4) is 0 Å². The van der Waals surface area contributed by atoms with E-state index >= 15 is 0 Å². The van der Waals surface area contributed by atoms with Gasteiger partial charge in [0, 0.05) is 43.5 Å². The minimum atomic E-state index is -0.580. The molecule has 0 amide bonds. The van der Waals surface area contributed by atoms with Crippen LogP contribution in [0.1, 0.15) is 30.7 Å². The van der Waals surface area contributed by atoms with Gasteiger partial charge in [0.25, 0.3) is 0 Å². The first kappa shape index (κ1) is 12.0. The standard InChI is InChI=1S/C12H19NO2S/c1-10(11-3-2-8-16-11)13-9-12(14)4-6-15-7-5-12/h2-3,8,10,13-14H,4-7,9H2,1H3. The van der Waals surface area contributed by atoms with Gasteiger partial charge in [0.2, 0.25) is 0 Å². The Hall–Kier alpha value is -0.420. The molecule has 16 heavy (non-hydrogen) atoms. The maximum absolute atomic E-state index is 10.3. The number of nitrogens with one attached hydrogen (secondary N) is 1. The first-order chi connectivity index (χ1) is 7.70. The van der Waals surface area contributed by atoms with Gasteiger partial charge in [0.1, 0.15) is 0 Å². The zero-order valence-electron chi connectivity index (χ0n) is 9.61. The summed E-state index contributed by atoms with van der Waals surface area (Å²) in [5, 5.41) is 15.8. The van der Waals surface area contributed by atoms with Crippen molar-refractivity contribution in [2.75, 3.05) is 19.8 Å². The molecule has 0 saturated carbocycles. The molecular formula is C12H19NO2S. The highest BCUT2D eigenvalue weighted by molar-refractivity contribution is 7.10. The molecule has 1 unspecified atom stereocenters. The van der Waals surface area contributed by atoms with Gasteiger partial charge in [-0.15, -0.1) is 11.3 Å². The summed E-state index contributed by atoms with van der Waals surface area (Å²) >= 11 is 1.75. The van der Waals surface area contributed by atoms with E-state index in [-0.39, 0.29) is 0 Å². The average molecular weight is 241 g/mol. The smallest absolute Gasteiger partial charge is 0.0815 e. The molecular weight excluding hydrogens is 222 g/mol. The Labute approximate surface area is 100 Å². The largest absolute Gasteiger partial charge is 0.388 e. The third-order valence-electron chi connectivity index (χ3n) is 3.13. The van der Waals surface area contributed by atoms with Crippen LogP contribution in [0, 0.1) is 0 Å². The topological polar surface area (TPSA) is 41.5 Å². The minimum absolute atomic E-state index is 0.312. The second kappa shape index (κ2) is 5.27. The number of aliphatic hydroxyl groups is 1. The van der Waals surface area contributed by atoms with Crippen LogP contribution in [0.4, 0.5) is 0 Å². The van der Waals surface area contributed by atoms with Crippen LogP contribution >= 0.6 is 11.3 Å². The Morgan fingerprint density at radius 3 is 2.94 bits per heavy atom. The monoisotopic (exact) mass is 241 g/mol. The van der Waals surface area contributed by atoms with E-state index in [1.54, 1.807) is 11.3 Å². The van der Waals surface area contributed by atoms with Crippen LogP contribution in [0.2, 0.25) is 0 Å². The van der Waals surface area contributed by atoms with Crippen molar-refractivity contribution in [1.29, 1.82) is 0 Å². The highest BCUT2D eigenvalue weighted by Gasteiger charge is 2.29. The van der Waals surface area contributed by atoms with Gasteiger partial charge in [-0.2, -0.15) is 0 Å². The number of ether oxygens (including phenoxy) is 1. The summed E-state index contributed by atoms with van der Waals surface area (Å²) in [5.74, 6) is 0. The SMILES string of the molecule is CC(NCC1(O)CCOCC1)c1cccs1. The summed E-state index contributed by atoms with van der Waals surface area (Å²) in [7, 11) is 0. The molecule has 2 rings (SSSR count). The van der Waals surface area contributed by atoms with Crippen molar-refractivity contribution in [2.24, 2.45) is 0 Å². The molecule has 2 N–H and O–H groups in total. The first-order valence-electron chi connectivity index (χ1n) is 5.77. The number of hydrogen-bond donors (Lipinski definition) is 2. The third kappa shape index (κ3) is 3.04. The fourth-order valence-electron chi connectivity index (χ4n) is 1.91. The molecule has 90 valence electrons. The van der Waals surface area contributed by atoms with Gasteiger partial charge in [-0.1, -0.05) is 6.07 Å². The molecule has 0 spiro atoms. The normalized spacial score (nSPS) is 21.9. The van der Waals surface area contributed by atoms with Crippen LogP contribution in [-0.4, -0.2) is 30.5 Å². The molecule has 0 bridgehead atoms. The van der Waals surface area contributed by atoms with Gasteiger partial charge in [0.05, 0.1) is 5.60 Å². The summed E-state index contributed by atoms with van der Waals surface area (Å²) in [6.07, 6.45) is 1.47. The fourth-order valence-corrected chi connectivity index (χ4v) is 2.67. The molecule has 0 radical (unpaired) electrons. The molecule has 4 heteroatoms. The molecule has 1 aromatic heterocycles. The van der Waals surface area contributed by atoms with E-state index < -0.39 is 5.60 Å². The lowest BCUT2D eigenvalue weighted by Crippen LogP contribution is -2.45. The zero-order chi connectivity index (χ0) is 11.4. The van der Waals surface area contributed by atoms with E-state index in [1.165, 1.54) is 4.88 Å². The predicted molar refractivity (Wildman–Crippen MR) is 65.7 cm³/mol. The van der Waals surface area contributed by atoms with Crippen LogP contribution in [0.15, 0.2) is 17.5 Å². The third-order valence-corrected chi connectivity index (χ3v) is 4.19. The van der Waals surface area contributed by atoms with Gasteiger partial charge in [-0.3, -0.25) is 0 Å². The first-order valence-corrected chi connectivity index (χ1v) is 6.64. The second-order valence-corrected chi connectivity index (χ2v) is 5.43. The molecule has 1 saturated heterocycles. The Kier molecular flexibility index (Phi) is 3.97. The number of rotatable bonds is 4. The predicted octanol–water partition coefficient (Wildman–Crippen LogP) is 1.94. The van der Waals surface area contributed by atoms with Crippen molar-refractivity contribution in [1.82, 2.24) is 5.32 Å². The Morgan fingerprint density at radius 1 is 1.56 bits per heavy atom. The van der Waals surface area contributed by atoms with Crippen molar-refractivity contribution in [2.45, 2.75) is 31.4 Å². The van der Waals surface area contributed by atoms with E-state index in [9.17, 15) is 5.11 Å². The van der Waals surface area contributed by atoms with Gasteiger partial charge in [-0.05, 0) is 18.4 Å². The molecule has 1 aliphatic heterocycles. The number of hydrogen-bond acceptors (Lipinski definition) is 4. The second-order valence-electron chi connectivity index (χ2n) is 4.45. The van der Waals surface area contributed by atoms with Crippen LogP contribution in [0.25, 0.3) is 0 Å². The van der Waals surface area contributed by atoms with Crippen molar-refractivity contribution >= 4 is 11.3 Å². The lowest BCUT2D eigenvalue weighted by atomic mass is 9.94. The van der Waals surface area contributed by atoms with E-state index in [2.05, 4.69) is 29.8 Å². The molecule has 3 nitrogen and oxygen atoms in total. The quantitative estimate of drug-likeness (QED) is 0.846. The van der Waals surface area contributed by atoms with E-state index in [0.29, 0.717) is 25.8 Å². The van der Waals surface area contributed by atoms with Crippen LogP contribution < -0.4 is 5.32 Å². The van der Waals surface area contributed by atoms with Gasteiger partial charge in [-0.25, -0.2) is 0 Å². The van der Waals surface area contributed by atoms with E-state index in [1.807, 2.05) is 0 Å².